The monoisotopic (exact) mass is 318 g/mol. The van der Waals surface area contributed by atoms with E-state index in [2.05, 4.69) is 20.5 Å². The zero-order chi connectivity index (χ0) is 16.8. The molecule has 0 atom stereocenters. The maximum Gasteiger partial charge on any atom is 0.150 e. The molecule has 0 saturated carbocycles. The molecule has 0 unspecified atom stereocenters. The van der Waals surface area contributed by atoms with Gasteiger partial charge in [-0.1, -0.05) is 42.5 Å². The third kappa shape index (κ3) is 3.76. The fraction of sp³-hybridized carbons (Fsp3) is 0.105. The van der Waals surface area contributed by atoms with Gasteiger partial charge in [0.05, 0.1) is 19.0 Å². The highest BCUT2D eigenvalue weighted by Gasteiger charge is 2.04. The molecule has 1 N–H and O–H groups in total. The Morgan fingerprint density at radius 2 is 1.75 bits per heavy atom. The van der Waals surface area contributed by atoms with E-state index in [1.165, 1.54) is 0 Å². The molecule has 0 fully saturated rings. The Hall–Kier alpha value is -3.21. The van der Waals surface area contributed by atoms with Crippen LogP contribution in [0.5, 0.6) is 5.75 Å². The van der Waals surface area contributed by atoms with E-state index in [0.717, 1.165) is 22.6 Å². The number of nitrogens with one attached hydrogen (secondary N) is 1. The van der Waals surface area contributed by atoms with Crippen molar-refractivity contribution >= 4 is 12.0 Å². The van der Waals surface area contributed by atoms with Crippen LogP contribution in [-0.2, 0) is 0 Å². The molecule has 3 aromatic rings. The minimum absolute atomic E-state index is 0.646. The van der Waals surface area contributed by atoms with Crippen LogP contribution in [0.1, 0.15) is 11.4 Å². The molecule has 0 bridgehead atoms. The summed E-state index contributed by atoms with van der Waals surface area (Å²) in [6.07, 6.45) is 1.71. The van der Waals surface area contributed by atoms with Crippen molar-refractivity contribution in [1.29, 1.82) is 0 Å². The summed E-state index contributed by atoms with van der Waals surface area (Å²) >= 11 is 0. The van der Waals surface area contributed by atoms with E-state index in [1.54, 1.807) is 13.3 Å². The third-order valence-electron chi connectivity index (χ3n) is 3.43. The molecule has 3 rings (SSSR count). The number of aromatic nitrogens is 2. The number of hydrazone groups is 1. The van der Waals surface area contributed by atoms with Gasteiger partial charge >= 0.3 is 0 Å². The van der Waals surface area contributed by atoms with Gasteiger partial charge < -0.3 is 4.74 Å². The lowest BCUT2D eigenvalue weighted by Gasteiger charge is -2.06. The molecule has 0 aliphatic rings. The largest absolute Gasteiger partial charge is 0.496 e. The van der Waals surface area contributed by atoms with E-state index in [0.29, 0.717) is 11.6 Å². The van der Waals surface area contributed by atoms with E-state index in [4.69, 9.17) is 4.74 Å². The van der Waals surface area contributed by atoms with Crippen molar-refractivity contribution in [3.05, 3.63) is 72.1 Å². The summed E-state index contributed by atoms with van der Waals surface area (Å²) in [6.45, 7) is 1.86. The molecule has 0 aliphatic heterocycles. The topological polar surface area (TPSA) is 59.4 Å². The van der Waals surface area contributed by atoms with Crippen molar-refractivity contribution in [3.8, 4) is 17.0 Å². The molecular formula is C19H18N4O. The lowest BCUT2D eigenvalue weighted by atomic mass is 10.1. The van der Waals surface area contributed by atoms with Gasteiger partial charge in [0.25, 0.3) is 0 Å². The quantitative estimate of drug-likeness (QED) is 0.572. The summed E-state index contributed by atoms with van der Waals surface area (Å²) in [5, 5.41) is 4.25. The van der Waals surface area contributed by atoms with Crippen LogP contribution in [0.3, 0.4) is 0 Å². The predicted molar refractivity (Wildman–Crippen MR) is 96.4 cm³/mol. The maximum atomic E-state index is 5.30. The van der Waals surface area contributed by atoms with Gasteiger partial charge in [-0.05, 0) is 19.1 Å². The first-order valence-corrected chi connectivity index (χ1v) is 7.59. The zero-order valence-corrected chi connectivity index (χ0v) is 13.6. The Kier molecular flexibility index (Phi) is 4.81. The average Bonchev–Trinajstić information content (AvgIpc) is 2.62. The number of hydrogen-bond acceptors (Lipinski definition) is 5. The van der Waals surface area contributed by atoms with Gasteiger partial charge in [0.15, 0.2) is 0 Å². The number of para-hydroxylation sites is 1. The minimum Gasteiger partial charge on any atom is -0.496 e. The Bertz CT molecular complexity index is 847. The summed E-state index contributed by atoms with van der Waals surface area (Å²) in [6, 6.07) is 19.5. The predicted octanol–water partition coefficient (Wildman–Crippen LogP) is 3.91. The Balaban J connectivity index is 1.81. The van der Waals surface area contributed by atoms with E-state index < -0.39 is 0 Å². The molecule has 1 aromatic heterocycles. The van der Waals surface area contributed by atoms with Crippen LogP contribution >= 0.6 is 0 Å². The number of ether oxygens (including phenoxy) is 1. The van der Waals surface area contributed by atoms with Gasteiger partial charge in [0.2, 0.25) is 0 Å². The fourth-order valence-corrected chi connectivity index (χ4v) is 2.32. The van der Waals surface area contributed by atoms with Gasteiger partial charge in [0, 0.05) is 17.2 Å². The van der Waals surface area contributed by atoms with Crippen molar-refractivity contribution < 1.29 is 4.74 Å². The van der Waals surface area contributed by atoms with E-state index >= 15 is 0 Å². The highest BCUT2D eigenvalue weighted by Crippen LogP contribution is 2.19. The molecule has 0 aliphatic carbocycles. The molecular weight excluding hydrogens is 300 g/mol. The molecule has 1 heterocycles. The molecule has 2 aromatic carbocycles. The summed E-state index contributed by atoms with van der Waals surface area (Å²) < 4.78 is 5.30. The number of rotatable bonds is 5. The maximum absolute atomic E-state index is 5.30. The van der Waals surface area contributed by atoms with Gasteiger partial charge in [-0.25, -0.2) is 9.97 Å². The molecule has 0 amide bonds. The van der Waals surface area contributed by atoms with Gasteiger partial charge in [-0.2, -0.15) is 5.10 Å². The van der Waals surface area contributed by atoms with Crippen LogP contribution in [0.25, 0.3) is 11.3 Å². The Morgan fingerprint density at radius 1 is 1.00 bits per heavy atom. The number of benzene rings is 2. The van der Waals surface area contributed by atoms with Gasteiger partial charge in [0.1, 0.15) is 17.4 Å². The molecule has 5 nitrogen and oxygen atoms in total. The standard InChI is InChI=1S/C19H18N4O/c1-14-21-17(15-8-4-3-5-9-15)12-19(22-14)23-20-13-16-10-6-7-11-18(16)24-2/h3-13H,1-2H3,(H,21,22,23)/b20-13-. The van der Waals surface area contributed by atoms with Crippen molar-refractivity contribution in [2.75, 3.05) is 12.5 Å². The summed E-state index contributed by atoms with van der Waals surface area (Å²) in [5.41, 5.74) is 5.75. The number of nitrogens with zero attached hydrogens (tertiary/aromatic N) is 3. The van der Waals surface area contributed by atoms with Gasteiger partial charge in [-0.15, -0.1) is 0 Å². The van der Waals surface area contributed by atoms with Crippen molar-refractivity contribution in [3.63, 3.8) is 0 Å². The highest BCUT2D eigenvalue weighted by molar-refractivity contribution is 5.83. The first-order chi connectivity index (χ1) is 11.8. The Morgan fingerprint density at radius 3 is 2.54 bits per heavy atom. The average molecular weight is 318 g/mol. The minimum atomic E-state index is 0.646. The lowest BCUT2D eigenvalue weighted by molar-refractivity contribution is 0.414. The Labute approximate surface area is 141 Å². The summed E-state index contributed by atoms with van der Waals surface area (Å²) in [5.74, 6) is 2.10. The van der Waals surface area contributed by atoms with Crippen molar-refractivity contribution in [1.82, 2.24) is 9.97 Å². The summed E-state index contributed by atoms with van der Waals surface area (Å²) in [4.78, 5) is 8.84. The van der Waals surface area contributed by atoms with Crippen molar-refractivity contribution in [2.24, 2.45) is 5.10 Å². The van der Waals surface area contributed by atoms with Crippen LogP contribution in [-0.4, -0.2) is 23.3 Å². The second kappa shape index (κ2) is 7.37. The second-order valence-electron chi connectivity index (χ2n) is 5.16. The van der Waals surface area contributed by atoms with E-state index in [-0.39, 0.29) is 0 Å². The number of methoxy groups -OCH3 is 1. The molecule has 0 radical (unpaired) electrons. The molecule has 24 heavy (non-hydrogen) atoms. The zero-order valence-electron chi connectivity index (χ0n) is 13.6. The number of aryl methyl sites for hydroxylation is 1. The molecule has 0 spiro atoms. The smallest absolute Gasteiger partial charge is 0.150 e. The van der Waals surface area contributed by atoms with Crippen molar-refractivity contribution in [2.45, 2.75) is 6.92 Å². The highest BCUT2D eigenvalue weighted by atomic mass is 16.5. The van der Waals surface area contributed by atoms with Gasteiger partial charge in [-0.3, -0.25) is 5.43 Å². The van der Waals surface area contributed by atoms with Crippen LogP contribution in [0.4, 0.5) is 5.82 Å². The normalized spacial score (nSPS) is 10.8. The lowest BCUT2D eigenvalue weighted by Crippen LogP contribution is -1.99. The molecule has 0 saturated heterocycles. The van der Waals surface area contributed by atoms with Crippen LogP contribution in [0, 0.1) is 6.92 Å². The first kappa shape index (κ1) is 15.7. The van der Waals surface area contributed by atoms with E-state index in [1.807, 2.05) is 67.6 Å². The molecule has 120 valence electrons. The fourth-order valence-electron chi connectivity index (χ4n) is 2.32. The van der Waals surface area contributed by atoms with E-state index in [9.17, 15) is 0 Å². The van der Waals surface area contributed by atoms with Crippen LogP contribution < -0.4 is 10.2 Å². The second-order valence-corrected chi connectivity index (χ2v) is 5.16. The number of hydrogen-bond donors (Lipinski definition) is 1. The third-order valence-corrected chi connectivity index (χ3v) is 3.43. The summed E-state index contributed by atoms with van der Waals surface area (Å²) in [7, 11) is 1.64. The molecule has 5 heteroatoms. The first-order valence-electron chi connectivity index (χ1n) is 7.59. The SMILES string of the molecule is COc1ccccc1/C=N\Nc1cc(-c2ccccc2)nc(C)n1. The van der Waals surface area contributed by atoms with Crippen LogP contribution in [0.2, 0.25) is 0 Å². The van der Waals surface area contributed by atoms with Crippen LogP contribution in [0.15, 0.2) is 65.8 Å². The number of anilines is 1.